The number of aromatic nitrogens is 3. The first-order valence-corrected chi connectivity index (χ1v) is 5.82. The topological polar surface area (TPSA) is 56.2 Å². The molecule has 2 aromatic heterocycles. The van der Waals surface area contributed by atoms with Crippen molar-refractivity contribution in [3.8, 4) is 11.3 Å². The lowest BCUT2D eigenvalue weighted by molar-refractivity contribution is 0.931. The van der Waals surface area contributed by atoms with Crippen LogP contribution < -0.4 is 5.73 Å². The summed E-state index contributed by atoms with van der Waals surface area (Å²) in [5.41, 5.74) is 11.5. The number of aryl methyl sites for hydroxylation is 2. The van der Waals surface area contributed by atoms with Crippen LogP contribution in [0.15, 0.2) is 36.7 Å². The Morgan fingerprint density at radius 1 is 1.17 bits per heavy atom. The Balaban J connectivity index is 2.27. The number of nitrogens with two attached hydrogens (primary N) is 1. The van der Waals surface area contributed by atoms with Crippen LogP contribution in [0.25, 0.3) is 16.9 Å². The Hall–Kier alpha value is -2.36. The van der Waals surface area contributed by atoms with Crippen LogP contribution in [0.1, 0.15) is 11.1 Å². The number of hydrogen-bond acceptors (Lipinski definition) is 3. The van der Waals surface area contributed by atoms with Gasteiger partial charge in [-0.2, -0.15) is 5.10 Å². The summed E-state index contributed by atoms with van der Waals surface area (Å²) in [5.74, 6) is 0. The molecule has 0 radical (unpaired) electrons. The Morgan fingerprint density at radius 3 is 2.78 bits per heavy atom. The molecule has 3 aromatic rings. The molecule has 3 rings (SSSR count). The summed E-state index contributed by atoms with van der Waals surface area (Å²) in [4.78, 5) is 4.32. The van der Waals surface area contributed by atoms with Crippen LogP contribution in [0.2, 0.25) is 0 Å². The van der Waals surface area contributed by atoms with Crippen LogP contribution in [0.5, 0.6) is 0 Å². The monoisotopic (exact) mass is 238 g/mol. The molecule has 2 heterocycles. The number of fused-ring (bicyclic) bond motifs is 1. The van der Waals surface area contributed by atoms with Gasteiger partial charge in [-0.05, 0) is 25.5 Å². The summed E-state index contributed by atoms with van der Waals surface area (Å²) in [5, 5.41) is 4.51. The second-order valence-corrected chi connectivity index (χ2v) is 4.53. The van der Waals surface area contributed by atoms with Crippen LogP contribution in [0.4, 0.5) is 5.69 Å². The number of nitrogens with zero attached hydrogens (tertiary/aromatic N) is 3. The molecule has 0 aliphatic heterocycles. The van der Waals surface area contributed by atoms with E-state index in [0.717, 1.165) is 16.8 Å². The zero-order valence-electron chi connectivity index (χ0n) is 10.4. The van der Waals surface area contributed by atoms with Crippen molar-refractivity contribution in [3.63, 3.8) is 0 Å². The maximum atomic E-state index is 6.13. The van der Waals surface area contributed by atoms with Crippen LogP contribution in [-0.2, 0) is 0 Å². The summed E-state index contributed by atoms with van der Waals surface area (Å²) >= 11 is 0. The fraction of sp³-hybridized carbons (Fsp3) is 0.143. The van der Waals surface area contributed by atoms with Gasteiger partial charge in [-0.3, -0.25) is 0 Å². The van der Waals surface area contributed by atoms with Crippen molar-refractivity contribution in [2.45, 2.75) is 13.8 Å². The summed E-state index contributed by atoms with van der Waals surface area (Å²) < 4.78 is 1.74. The van der Waals surface area contributed by atoms with Gasteiger partial charge in [0, 0.05) is 18.0 Å². The molecule has 0 aliphatic carbocycles. The van der Waals surface area contributed by atoms with Gasteiger partial charge in [0.15, 0.2) is 5.65 Å². The van der Waals surface area contributed by atoms with E-state index in [4.69, 9.17) is 5.73 Å². The second kappa shape index (κ2) is 3.84. The summed E-state index contributed by atoms with van der Waals surface area (Å²) in [7, 11) is 0. The van der Waals surface area contributed by atoms with Gasteiger partial charge in [0.05, 0.1) is 0 Å². The highest BCUT2D eigenvalue weighted by atomic mass is 15.3. The molecular formula is C14H14N4. The first-order chi connectivity index (χ1) is 8.65. The molecule has 0 saturated carbocycles. The van der Waals surface area contributed by atoms with Crippen molar-refractivity contribution in [1.82, 2.24) is 14.6 Å². The molecule has 4 heteroatoms. The standard InChI is InChI=1S/C14H14N4/c1-9-4-3-5-11(6-9)13-12(15)14-16-7-10(2)8-18(14)17-13/h3-8H,15H2,1-2H3. The van der Waals surface area contributed by atoms with E-state index in [2.05, 4.69) is 29.1 Å². The first kappa shape index (κ1) is 10.8. The zero-order chi connectivity index (χ0) is 12.7. The fourth-order valence-electron chi connectivity index (χ4n) is 2.05. The van der Waals surface area contributed by atoms with E-state index in [0.29, 0.717) is 11.3 Å². The molecule has 0 fully saturated rings. The van der Waals surface area contributed by atoms with E-state index < -0.39 is 0 Å². The normalized spacial score (nSPS) is 11.0. The summed E-state index contributed by atoms with van der Waals surface area (Å²) in [6.07, 6.45) is 3.73. The van der Waals surface area contributed by atoms with Crippen molar-refractivity contribution in [2.24, 2.45) is 0 Å². The lowest BCUT2D eigenvalue weighted by Gasteiger charge is -1.99. The SMILES string of the molecule is Cc1cccc(-c2nn3cc(C)cnc3c2N)c1. The van der Waals surface area contributed by atoms with Gasteiger partial charge >= 0.3 is 0 Å². The molecule has 1 aromatic carbocycles. The van der Waals surface area contributed by atoms with E-state index in [9.17, 15) is 0 Å². The second-order valence-electron chi connectivity index (χ2n) is 4.53. The first-order valence-electron chi connectivity index (χ1n) is 5.82. The summed E-state index contributed by atoms with van der Waals surface area (Å²) in [6, 6.07) is 8.15. The van der Waals surface area contributed by atoms with E-state index in [1.165, 1.54) is 5.56 Å². The van der Waals surface area contributed by atoms with Gasteiger partial charge in [0.2, 0.25) is 0 Å². The van der Waals surface area contributed by atoms with Crippen LogP contribution in [-0.4, -0.2) is 14.6 Å². The van der Waals surface area contributed by atoms with Gasteiger partial charge in [-0.25, -0.2) is 9.50 Å². The van der Waals surface area contributed by atoms with Gasteiger partial charge in [0.25, 0.3) is 0 Å². The quantitative estimate of drug-likeness (QED) is 0.709. The molecule has 0 amide bonds. The van der Waals surface area contributed by atoms with Gasteiger partial charge in [0.1, 0.15) is 11.4 Å². The highest BCUT2D eigenvalue weighted by Crippen LogP contribution is 2.27. The maximum absolute atomic E-state index is 6.13. The third kappa shape index (κ3) is 1.62. The number of anilines is 1. The molecule has 2 N–H and O–H groups in total. The highest BCUT2D eigenvalue weighted by molar-refractivity contribution is 5.83. The Bertz CT molecular complexity index is 728. The summed E-state index contributed by atoms with van der Waals surface area (Å²) in [6.45, 7) is 4.04. The third-order valence-corrected chi connectivity index (χ3v) is 2.93. The average molecular weight is 238 g/mol. The molecule has 0 saturated heterocycles. The smallest absolute Gasteiger partial charge is 0.178 e. The predicted octanol–water partition coefficient (Wildman–Crippen LogP) is 2.60. The van der Waals surface area contributed by atoms with Crippen molar-refractivity contribution in [2.75, 3.05) is 5.73 Å². The zero-order valence-corrected chi connectivity index (χ0v) is 10.4. The van der Waals surface area contributed by atoms with Crippen LogP contribution in [0.3, 0.4) is 0 Å². The van der Waals surface area contributed by atoms with Crippen molar-refractivity contribution in [1.29, 1.82) is 0 Å². The number of rotatable bonds is 1. The number of hydrogen-bond donors (Lipinski definition) is 1. The number of benzene rings is 1. The molecule has 0 aliphatic rings. The minimum atomic E-state index is 0.626. The van der Waals surface area contributed by atoms with Gasteiger partial charge < -0.3 is 5.73 Å². The van der Waals surface area contributed by atoms with E-state index in [1.807, 2.05) is 25.3 Å². The molecule has 90 valence electrons. The molecule has 0 spiro atoms. The highest BCUT2D eigenvalue weighted by Gasteiger charge is 2.12. The van der Waals surface area contributed by atoms with Crippen molar-refractivity contribution in [3.05, 3.63) is 47.8 Å². The molecular weight excluding hydrogens is 224 g/mol. The lowest BCUT2D eigenvalue weighted by atomic mass is 10.1. The molecule has 4 nitrogen and oxygen atoms in total. The molecule has 0 unspecified atom stereocenters. The van der Waals surface area contributed by atoms with E-state index >= 15 is 0 Å². The molecule has 0 atom stereocenters. The Kier molecular flexibility index (Phi) is 2.30. The fourth-order valence-corrected chi connectivity index (χ4v) is 2.05. The lowest BCUT2D eigenvalue weighted by Crippen LogP contribution is -1.92. The minimum Gasteiger partial charge on any atom is -0.394 e. The van der Waals surface area contributed by atoms with E-state index in [1.54, 1.807) is 10.7 Å². The number of nitrogen functional groups attached to an aromatic ring is 1. The molecule has 0 bridgehead atoms. The Labute approximate surface area is 105 Å². The predicted molar refractivity (Wildman–Crippen MR) is 72.3 cm³/mol. The van der Waals surface area contributed by atoms with Crippen LogP contribution >= 0.6 is 0 Å². The third-order valence-electron chi connectivity index (χ3n) is 2.93. The van der Waals surface area contributed by atoms with Crippen LogP contribution in [0, 0.1) is 13.8 Å². The van der Waals surface area contributed by atoms with Gasteiger partial charge in [-0.15, -0.1) is 0 Å². The van der Waals surface area contributed by atoms with Crippen molar-refractivity contribution >= 4 is 11.3 Å². The van der Waals surface area contributed by atoms with E-state index in [-0.39, 0.29) is 0 Å². The average Bonchev–Trinajstić information content (AvgIpc) is 2.66. The largest absolute Gasteiger partial charge is 0.394 e. The maximum Gasteiger partial charge on any atom is 0.178 e. The minimum absolute atomic E-state index is 0.626. The molecule has 18 heavy (non-hydrogen) atoms. The van der Waals surface area contributed by atoms with Gasteiger partial charge in [-0.1, -0.05) is 23.8 Å². The Morgan fingerprint density at radius 2 is 2.00 bits per heavy atom. The van der Waals surface area contributed by atoms with Crippen molar-refractivity contribution < 1.29 is 0 Å².